The van der Waals surface area contributed by atoms with Crippen molar-refractivity contribution in [3.8, 4) is 0 Å². The third-order valence-corrected chi connectivity index (χ3v) is 15.3. The van der Waals surface area contributed by atoms with Crippen LogP contribution in [0.1, 0.15) is 322 Å². The van der Waals surface area contributed by atoms with Crippen LogP contribution in [0.2, 0.25) is 0 Å². The zero-order valence-corrected chi connectivity index (χ0v) is 47.5. The second kappa shape index (κ2) is 51.4. The van der Waals surface area contributed by atoms with Crippen molar-refractivity contribution in [3.05, 3.63) is 0 Å². The van der Waals surface area contributed by atoms with Gasteiger partial charge in [0.1, 0.15) is 13.2 Å². The molecule has 3 atom stereocenters. The Labute approximate surface area is 425 Å². The van der Waals surface area contributed by atoms with Crippen LogP contribution in [-0.4, -0.2) is 73.4 Å². The minimum atomic E-state index is -4.32. The minimum Gasteiger partial charge on any atom is -0.391 e. The maximum Gasteiger partial charge on any atom is 0.472 e. The molecule has 0 radical (unpaired) electrons. The van der Waals surface area contributed by atoms with E-state index in [9.17, 15) is 19.4 Å². The van der Waals surface area contributed by atoms with Crippen LogP contribution in [0, 0.1) is 0 Å². The maximum absolute atomic E-state index is 13.0. The van der Waals surface area contributed by atoms with Crippen molar-refractivity contribution in [2.45, 2.75) is 334 Å². The van der Waals surface area contributed by atoms with Crippen molar-refractivity contribution < 1.29 is 32.9 Å². The number of nitrogens with zero attached hydrogens (tertiary/aromatic N) is 1. The Bertz CT molecular complexity index is 1070. The quantitative estimate of drug-likeness (QED) is 0.0319. The third kappa shape index (κ3) is 53.3. The van der Waals surface area contributed by atoms with Crippen molar-refractivity contribution in [2.75, 3.05) is 40.9 Å². The van der Waals surface area contributed by atoms with Crippen LogP contribution in [0.4, 0.5) is 0 Å². The molecule has 0 rings (SSSR count). The van der Waals surface area contributed by atoms with Gasteiger partial charge in [-0.1, -0.05) is 303 Å². The fourth-order valence-electron chi connectivity index (χ4n) is 9.58. The van der Waals surface area contributed by atoms with E-state index >= 15 is 0 Å². The first-order chi connectivity index (χ1) is 33.0. The predicted octanol–water partition coefficient (Wildman–Crippen LogP) is 18.4. The first-order valence-corrected chi connectivity index (χ1v) is 31.9. The number of likely N-dealkylation sites (N-methyl/N-ethyl adjacent to an activating group) is 1. The van der Waals surface area contributed by atoms with E-state index in [1.807, 2.05) is 21.1 Å². The third-order valence-electron chi connectivity index (χ3n) is 14.4. The van der Waals surface area contributed by atoms with Crippen LogP contribution in [0.15, 0.2) is 0 Å². The number of quaternary nitrogens is 1. The minimum absolute atomic E-state index is 0.0791. The van der Waals surface area contributed by atoms with E-state index in [-0.39, 0.29) is 19.1 Å². The van der Waals surface area contributed by atoms with Crippen molar-refractivity contribution >= 4 is 13.7 Å². The summed E-state index contributed by atoms with van der Waals surface area (Å²) in [5.74, 6) is -0.137. The molecule has 0 aliphatic heterocycles. The highest BCUT2D eigenvalue weighted by Gasteiger charge is 2.28. The first kappa shape index (κ1) is 67.5. The molecular weight excluding hydrogens is 864 g/mol. The molecule has 68 heavy (non-hydrogen) atoms. The second-order valence-electron chi connectivity index (χ2n) is 22.4. The molecule has 0 aliphatic rings. The Hall–Kier alpha value is -0.500. The number of aliphatic hydroxyl groups is 1. The molecular formula is C59H122N2O6P+. The summed E-state index contributed by atoms with van der Waals surface area (Å²) in [7, 11) is 1.64. The second-order valence-corrected chi connectivity index (χ2v) is 23.9. The molecule has 3 N–H and O–H groups in total. The van der Waals surface area contributed by atoms with Gasteiger partial charge in [0.05, 0.1) is 39.9 Å². The van der Waals surface area contributed by atoms with Gasteiger partial charge in [0.25, 0.3) is 0 Å². The highest BCUT2D eigenvalue weighted by Crippen LogP contribution is 2.43. The number of aliphatic hydroxyl groups excluding tert-OH is 1. The van der Waals surface area contributed by atoms with Crippen molar-refractivity contribution in [2.24, 2.45) is 0 Å². The van der Waals surface area contributed by atoms with E-state index in [0.717, 1.165) is 38.5 Å². The topological polar surface area (TPSA) is 105 Å². The number of hydrogen-bond donors (Lipinski definition) is 3. The van der Waals surface area contributed by atoms with Gasteiger partial charge in [0, 0.05) is 6.42 Å². The molecule has 0 aliphatic carbocycles. The van der Waals surface area contributed by atoms with Gasteiger partial charge in [-0.15, -0.1) is 0 Å². The van der Waals surface area contributed by atoms with E-state index in [0.29, 0.717) is 23.9 Å². The largest absolute Gasteiger partial charge is 0.472 e. The number of phosphoric acid groups is 1. The molecule has 1 amide bonds. The summed E-state index contributed by atoms with van der Waals surface area (Å²) in [6, 6.07) is -0.755. The summed E-state index contributed by atoms with van der Waals surface area (Å²) in [4.78, 5) is 23.3. The Morgan fingerprint density at radius 3 is 0.985 bits per heavy atom. The highest BCUT2D eigenvalue weighted by molar-refractivity contribution is 7.47. The average Bonchev–Trinajstić information content (AvgIpc) is 3.30. The molecule has 0 spiro atoms. The summed E-state index contributed by atoms with van der Waals surface area (Å²) in [6.45, 7) is 4.94. The fourth-order valence-corrected chi connectivity index (χ4v) is 10.3. The van der Waals surface area contributed by atoms with Crippen LogP contribution in [0.25, 0.3) is 0 Å². The van der Waals surface area contributed by atoms with Crippen LogP contribution in [0.5, 0.6) is 0 Å². The van der Waals surface area contributed by atoms with Gasteiger partial charge in [-0.25, -0.2) is 4.57 Å². The number of carbonyl (C=O) groups excluding carboxylic acids is 1. The molecule has 3 unspecified atom stereocenters. The fraction of sp³-hybridized carbons (Fsp3) is 0.983. The molecule has 0 bridgehead atoms. The van der Waals surface area contributed by atoms with Crippen LogP contribution in [-0.2, 0) is 18.4 Å². The molecule has 0 aromatic carbocycles. The van der Waals surface area contributed by atoms with Gasteiger partial charge in [-0.05, 0) is 12.8 Å². The summed E-state index contributed by atoms with van der Waals surface area (Å²) in [5, 5.41) is 14.1. The SMILES string of the molecule is CCCCCCCCCCCCCCCCCCCCCCCCCCCCCCCCCC(O)C(COP(=O)(O)OCC[N+](C)(C)C)NC(=O)CCCCCCCCCCCCCCCCC. The van der Waals surface area contributed by atoms with Crippen molar-refractivity contribution in [1.82, 2.24) is 5.32 Å². The smallest absolute Gasteiger partial charge is 0.391 e. The lowest BCUT2D eigenvalue weighted by molar-refractivity contribution is -0.870. The number of phosphoric ester groups is 1. The van der Waals surface area contributed by atoms with E-state index in [4.69, 9.17) is 9.05 Å². The Morgan fingerprint density at radius 1 is 0.441 bits per heavy atom. The summed E-state index contributed by atoms with van der Waals surface area (Å²) >= 11 is 0. The summed E-state index contributed by atoms with van der Waals surface area (Å²) in [6.07, 6.45) is 61.8. The summed E-state index contributed by atoms with van der Waals surface area (Å²) in [5.41, 5.74) is 0. The van der Waals surface area contributed by atoms with Gasteiger partial charge in [-0.2, -0.15) is 0 Å². The zero-order chi connectivity index (χ0) is 49.9. The number of nitrogens with one attached hydrogen (secondary N) is 1. The van der Waals surface area contributed by atoms with Gasteiger partial charge < -0.3 is 19.8 Å². The molecule has 0 fully saturated rings. The normalized spacial score (nSPS) is 13.8. The monoisotopic (exact) mass is 986 g/mol. The summed E-state index contributed by atoms with van der Waals surface area (Å²) < 4.78 is 23.8. The maximum atomic E-state index is 13.0. The van der Waals surface area contributed by atoms with Gasteiger partial charge in [0.2, 0.25) is 5.91 Å². The molecule has 8 nitrogen and oxygen atoms in total. The van der Waals surface area contributed by atoms with Crippen LogP contribution < -0.4 is 5.32 Å². The zero-order valence-electron chi connectivity index (χ0n) is 46.6. The standard InChI is InChI=1S/C59H121N2O6P/c1-6-8-10-12-14-16-18-20-22-23-24-25-26-27-28-29-30-31-32-33-34-35-36-37-39-40-42-44-46-48-50-52-58(62)57(56-67-68(64,65)66-55-54-61(3,4)5)60-59(63)53-51-49-47-45-43-41-38-21-19-17-15-13-11-9-7-2/h57-58,62H,6-56H2,1-5H3,(H-,60,63,64,65)/p+1. The molecule has 0 heterocycles. The van der Waals surface area contributed by atoms with Crippen LogP contribution >= 0.6 is 7.82 Å². The average molecular weight is 987 g/mol. The number of unbranched alkanes of at least 4 members (excludes halogenated alkanes) is 44. The molecule has 0 aromatic rings. The highest BCUT2D eigenvalue weighted by atomic mass is 31.2. The number of amides is 1. The number of rotatable bonds is 57. The van der Waals surface area contributed by atoms with Crippen molar-refractivity contribution in [3.63, 3.8) is 0 Å². The lowest BCUT2D eigenvalue weighted by atomic mass is 10.0. The first-order valence-electron chi connectivity index (χ1n) is 30.4. The van der Waals surface area contributed by atoms with Gasteiger partial charge in [0.15, 0.2) is 0 Å². The molecule has 0 saturated carbocycles. The molecule has 0 saturated heterocycles. The predicted molar refractivity (Wildman–Crippen MR) is 296 cm³/mol. The molecule has 0 aromatic heterocycles. The van der Waals surface area contributed by atoms with E-state index in [1.165, 1.54) is 257 Å². The Kier molecular flexibility index (Phi) is 51.0. The molecule has 408 valence electrons. The van der Waals surface area contributed by atoms with Gasteiger partial charge in [-0.3, -0.25) is 13.8 Å². The van der Waals surface area contributed by atoms with E-state index in [2.05, 4.69) is 19.2 Å². The van der Waals surface area contributed by atoms with Gasteiger partial charge >= 0.3 is 7.82 Å². The molecule has 9 heteroatoms. The lowest BCUT2D eigenvalue weighted by Gasteiger charge is -2.26. The number of hydrogen-bond acceptors (Lipinski definition) is 5. The number of carbonyl (C=O) groups is 1. The van der Waals surface area contributed by atoms with Crippen molar-refractivity contribution in [1.29, 1.82) is 0 Å². The van der Waals surface area contributed by atoms with E-state index < -0.39 is 20.0 Å². The van der Waals surface area contributed by atoms with Crippen LogP contribution in [0.3, 0.4) is 0 Å². The Morgan fingerprint density at radius 2 is 0.706 bits per heavy atom. The van der Waals surface area contributed by atoms with E-state index in [1.54, 1.807) is 0 Å². The Balaban J connectivity index is 3.99. The lowest BCUT2D eigenvalue weighted by Crippen LogP contribution is -2.46.